The summed E-state index contributed by atoms with van der Waals surface area (Å²) < 4.78 is 0. The largest absolute Gasteiger partial charge is 0.335 e. The lowest BCUT2D eigenvalue weighted by Gasteiger charge is -2.39. The number of hydrogen-bond donors (Lipinski definition) is 0. The molecular formula is C26H27ClN2O. The summed E-state index contributed by atoms with van der Waals surface area (Å²) in [7, 11) is 0. The Morgan fingerprint density at radius 2 is 1.80 bits per heavy atom. The third-order valence-corrected chi connectivity index (χ3v) is 7.10. The molecule has 1 aliphatic heterocycles. The summed E-state index contributed by atoms with van der Waals surface area (Å²) in [5.74, 6) is 0.119. The molecule has 1 amide bonds. The second-order valence-corrected chi connectivity index (χ2v) is 10.6. The number of carbonyl (C=O) groups excluding carboxylic acids is 1. The first-order valence-corrected chi connectivity index (χ1v) is 11.1. The van der Waals surface area contributed by atoms with Crippen molar-refractivity contribution in [3.63, 3.8) is 0 Å². The van der Waals surface area contributed by atoms with Crippen LogP contribution in [-0.4, -0.2) is 28.4 Å². The van der Waals surface area contributed by atoms with E-state index in [4.69, 9.17) is 16.6 Å². The van der Waals surface area contributed by atoms with Gasteiger partial charge in [0.25, 0.3) is 5.91 Å². The number of halogens is 1. The number of pyridine rings is 1. The van der Waals surface area contributed by atoms with Gasteiger partial charge in [0.2, 0.25) is 0 Å². The van der Waals surface area contributed by atoms with E-state index in [-0.39, 0.29) is 16.7 Å². The summed E-state index contributed by atoms with van der Waals surface area (Å²) in [6, 6.07) is 17.8. The quantitative estimate of drug-likeness (QED) is 0.470. The van der Waals surface area contributed by atoms with Crippen molar-refractivity contribution < 1.29 is 4.79 Å². The highest BCUT2D eigenvalue weighted by Crippen LogP contribution is 2.52. The molecule has 4 heteroatoms. The van der Waals surface area contributed by atoms with Crippen LogP contribution in [0.1, 0.15) is 50.4 Å². The highest BCUT2D eigenvalue weighted by atomic mass is 35.5. The van der Waals surface area contributed by atoms with Crippen LogP contribution in [0.25, 0.3) is 22.2 Å². The zero-order valence-electron chi connectivity index (χ0n) is 17.8. The average Bonchev–Trinajstić information content (AvgIpc) is 2.95. The monoisotopic (exact) mass is 418 g/mol. The molecule has 0 spiro atoms. The second kappa shape index (κ2) is 6.81. The van der Waals surface area contributed by atoms with Gasteiger partial charge < -0.3 is 4.90 Å². The molecule has 154 valence electrons. The Balaban J connectivity index is 1.62. The first-order valence-electron chi connectivity index (χ1n) is 10.7. The normalized spacial score (nSPS) is 24.9. The molecular weight excluding hydrogens is 392 g/mol. The summed E-state index contributed by atoms with van der Waals surface area (Å²) in [5.41, 5.74) is 3.63. The fourth-order valence-electron chi connectivity index (χ4n) is 6.01. The molecule has 2 aromatic carbocycles. The van der Waals surface area contributed by atoms with E-state index in [0.29, 0.717) is 11.1 Å². The molecule has 1 saturated heterocycles. The third-order valence-electron chi connectivity index (χ3n) is 6.77. The molecule has 5 rings (SSSR count). The van der Waals surface area contributed by atoms with E-state index in [1.807, 2.05) is 54.6 Å². The van der Waals surface area contributed by atoms with Gasteiger partial charge in [-0.05, 0) is 48.3 Å². The molecule has 2 bridgehead atoms. The van der Waals surface area contributed by atoms with Gasteiger partial charge in [-0.2, -0.15) is 0 Å². The molecule has 1 aliphatic carbocycles. The Morgan fingerprint density at radius 3 is 2.60 bits per heavy atom. The number of rotatable bonds is 2. The highest BCUT2D eigenvalue weighted by Gasteiger charge is 2.51. The minimum atomic E-state index is 0.119. The van der Waals surface area contributed by atoms with Crippen LogP contribution in [0.4, 0.5) is 0 Å². The summed E-state index contributed by atoms with van der Waals surface area (Å²) in [6.45, 7) is 7.84. The summed E-state index contributed by atoms with van der Waals surface area (Å²) in [5, 5.41) is 1.55. The predicted octanol–water partition coefficient (Wildman–Crippen LogP) is 6.60. The van der Waals surface area contributed by atoms with Crippen LogP contribution in [-0.2, 0) is 0 Å². The summed E-state index contributed by atoms with van der Waals surface area (Å²) in [6.07, 6.45) is 3.33. The Morgan fingerprint density at radius 1 is 1.07 bits per heavy atom. The van der Waals surface area contributed by atoms with E-state index in [9.17, 15) is 4.79 Å². The maximum atomic E-state index is 13.9. The summed E-state index contributed by atoms with van der Waals surface area (Å²) >= 11 is 6.46. The van der Waals surface area contributed by atoms with Gasteiger partial charge in [0.1, 0.15) is 0 Å². The lowest BCUT2D eigenvalue weighted by atomic mass is 9.65. The van der Waals surface area contributed by atoms with E-state index in [0.717, 1.165) is 47.1 Å². The molecule has 1 aromatic heterocycles. The van der Waals surface area contributed by atoms with Crippen LogP contribution in [0.5, 0.6) is 0 Å². The molecule has 3 aromatic rings. The van der Waals surface area contributed by atoms with E-state index >= 15 is 0 Å². The van der Waals surface area contributed by atoms with Crippen LogP contribution in [0, 0.1) is 10.8 Å². The van der Waals surface area contributed by atoms with Gasteiger partial charge in [-0.1, -0.05) is 68.8 Å². The number of para-hydroxylation sites is 1. The van der Waals surface area contributed by atoms with Crippen LogP contribution in [0.15, 0.2) is 54.6 Å². The fraction of sp³-hybridized carbons (Fsp3) is 0.385. The van der Waals surface area contributed by atoms with Crippen LogP contribution in [0.2, 0.25) is 5.02 Å². The van der Waals surface area contributed by atoms with E-state index in [1.54, 1.807) is 0 Å². The topological polar surface area (TPSA) is 33.2 Å². The van der Waals surface area contributed by atoms with Crippen molar-refractivity contribution in [1.82, 2.24) is 9.88 Å². The lowest BCUT2D eigenvalue weighted by Crippen LogP contribution is -2.37. The smallest absolute Gasteiger partial charge is 0.254 e. The molecule has 2 unspecified atom stereocenters. The number of likely N-dealkylation sites (tertiary alicyclic amines) is 1. The Bertz CT molecular complexity index is 1150. The van der Waals surface area contributed by atoms with Gasteiger partial charge in [0, 0.05) is 28.6 Å². The summed E-state index contributed by atoms with van der Waals surface area (Å²) in [4.78, 5) is 20.8. The fourth-order valence-corrected chi connectivity index (χ4v) is 6.24. The molecule has 2 heterocycles. The standard InChI is InChI=1S/C26H27ClN2O/c1-25(2)13-17-14-26(3,15-25)16-29(17)24(30)20-12-23(19-9-4-6-10-21(19)27)28-22-11-7-5-8-18(20)22/h4-12,17H,13-16H2,1-3H3. The first-order chi connectivity index (χ1) is 14.2. The van der Waals surface area contributed by atoms with Gasteiger partial charge in [-0.15, -0.1) is 0 Å². The zero-order valence-corrected chi connectivity index (χ0v) is 18.5. The Kier molecular flexibility index (Phi) is 4.44. The molecule has 2 aliphatic rings. The second-order valence-electron chi connectivity index (χ2n) is 10.2. The highest BCUT2D eigenvalue weighted by molar-refractivity contribution is 6.33. The molecule has 1 saturated carbocycles. The van der Waals surface area contributed by atoms with E-state index in [1.165, 1.54) is 6.42 Å². The van der Waals surface area contributed by atoms with Crippen molar-refractivity contribution in [2.24, 2.45) is 10.8 Å². The number of nitrogens with zero attached hydrogens (tertiary/aromatic N) is 2. The average molecular weight is 419 g/mol. The molecule has 30 heavy (non-hydrogen) atoms. The molecule has 2 fully saturated rings. The van der Waals surface area contributed by atoms with Crippen molar-refractivity contribution >= 4 is 28.4 Å². The predicted molar refractivity (Wildman–Crippen MR) is 123 cm³/mol. The van der Waals surface area contributed by atoms with Gasteiger partial charge >= 0.3 is 0 Å². The minimum absolute atomic E-state index is 0.119. The third kappa shape index (κ3) is 3.30. The van der Waals surface area contributed by atoms with E-state index < -0.39 is 0 Å². The van der Waals surface area contributed by atoms with Crippen LogP contribution < -0.4 is 0 Å². The maximum absolute atomic E-state index is 13.9. The molecule has 2 atom stereocenters. The first kappa shape index (κ1) is 19.6. The number of hydrogen-bond acceptors (Lipinski definition) is 2. The Hall–Kier alpha value is -2.39. The van der Waals surface area contributed by atoms with Crippen LogP contribution in [0.3, 0.4) is 0 Å². The van der Waals surface area contributed by atoms with Crippen molar-refractivity contribution in [1.29, 1.82) is 0 Å². The molecule has 0 radical (unpaired) electrons. The number of aromatic nitrogens is 1. The van der Waals surface area contributed by atoms with E-state index in [2.05, 4.69) is 25.7 Å². The van der Waals surface area contributed by atoms with Gasteiger partial charge in [0.05, 0.1) is 16.8 Å². The van der Waals surface area contributed by atoms with Gasteiger partial charge in [0.15, 0.2) is 0 Å². The van der Waals surface area contributed by atoms with Crippen molar-refractivity contribution in [2.75, 3.05) is 6.54 Å². The SMILES string of the molecule is CC1(C)CC2CC(C)(CN2C(=O)c2cc(-c3ccccc3Cl)nc3ccccc23)C1. The number of fused-ring (bicyclic) bond motifs is 3. The number of carbonyl (C=O) groups is 1. The van der Waals surface area contributed by atoms with Crippen LogP contribution >= 0.6 is 11.6 Å². The number of amides is 1. The molecule has 0 N–H and O–H groups in total. The van der Waals surface area contributed by atoms with Crippen molar-refractivity contribution in [3.8, 4) is 11.3 Å². The molecule has 3 nitrogen and oxygen atoms in total. The minimum Gasteiger partial charge on any atom is -0.335 e. The zero-order chi connectivity index (χ0) is 21.1. The maximum Gasteiger partial charge on any atom is 0.254 e. The van der Waals surface area contributed by atoms with Crippen molar-refractivity contribution in [2.45, 2.75) is 46.1 Å². The van der Waals surface area contributed by atoms with Gasteiger partial charge in [-0.3, -0.25) is 4.79 Å². The Labute approximate surface area is 183 Å². The lowest BCUT2D eigenvalue weighted by molar-refractivity contribution is 0.0710. The van der Waals surface area contributed by atoms with Crippen molar-refractivity contribution in [3.05, 3.63) is 65.2 Å². The van der Waals surface area contributed by atoms with Gasteiger partial charge in [-0.25, -0.2) is 4.98 Å². The number of benzene rings is 2.